The van der Waals surface area contributed by atoms with Crippen LogP contribution in [0.3, 0.4) is 0 Å². The summed E-state index contributed by atoms with van der Waals surface area (Å²) in [5.41, 5.74) is 0.680. The summed E-state index contributed by atoms with van der Waals surface area (Å²) in [6.45, 7) is -1.10. The van der Waals surface area contributed by atoms with Gasteiger partial charge in [0.1, 0.15) is 5.75 Å². The molecular formula is C12H15F2NO3. The maximum Gasteiger partial charge on any atom is 0.387 e. The van der Waals surface area contributed by atoms with Gasteiger partial charge in [0, 0.05) is 6.54 Å². The van der Waals surface area contributed by atoms with E-state index in [1.807, 2.05) is 0 Å². The lowest BCUT2D eigenvalue weighted by atomic mass is 10.1. The second-order valence-electron chi connectivity index (χ2n) is 3.85. The van der Waals surface area contributed by atoms with Crippen molar-refractivity contribution in [3.05, 3.63) is 29.8 Å². The molecule has 1 amide bonds. The molecule has 0 saturated heterocycles. The molecule has 0 aromatic heterocycles. The number of hydrogen-bond donors (Lipinski definition) is 2. The van der Waals surface area contributed by atoms with Crippen molar-refractivity contribution in [2.24, 2.45) is 0 Å². The molecule has 6 heteroatoms. The number of halogens is 2. The highest BCUT2D eigenvalue weighted by molar-refractivity contribution is 5.78. The zero-order valence-corrected chi connectivity index (χ0v) is 9.90. The van der Waals surface area contributed by atoms with Crippen LogP contribution in [0.5, 0.6) is 5.75 Å². The van der Waals surface area contributed by atoms with Gasteiger partial charge in [-0.25, -0.2) is 0 Å². The summed E-state index contributed by atoms with van der Waals surface area (Å²) in [6.07, 6.45) is -0.474. The van der Waals surface area contributed by atoms with Gasteiger partial charge in [-0.15, -0.1) is 0 Å². The molecule has 1 aromatic carbocycles. The van der Waals surface area contributed by atoms with Gasteiger partial charge < -0.3 is 15.2 Å². The minimum atomic E-state index is -2.86. The Bertz CT molecular complexity index is 379. The van der Waals surface area contributed by atoms with Crippen LogP contribution < -0.4 is 10.1 Å². The average molecular weight is 259 g/mol. The summed E-state index contributed by atoms with van der Waals surface area (Å²) in [6, 6.07) is 5.84. The molecule has 100 valence electrons. The number of benzene rings is 1. The summed E-state index contributed by atoms with van der Waals surface area (Å²) < 4.78 is 28.0. The first-order chi connectivity index (χ1) is 8.47. The van der Waals surface area contributed by atoms with Gasteiger partial charge in [-0.1, -0.05) is 12.1 Å². The number of rotatable bonds is 6. The topological polar surface area (TPSA) is 58.6 Å². The molecule has 0 fully saturated rings. The van der Waals surface area contributed by atoms with E-state index in [1.54, 1.807) is 19.1 Å². The van der Waals surface area contributed by atoms with E-state index < -0.39 is 12.7 Å². The normalized spacial score (nSPS) is 12.3. The van der Waals surface area contributed by atoms with Crippen molar-refractivity contribution in [1.82, 2.24) is 5.32 Å². The van der Waals surface area contributed by atoms with E-state index in [0.717, 1.165) is 0 Å². The highest BCUT2D eigenvalue weighted by Crippen LogP contribution is 2.15. The Morgan fingerprint density at radius 3 is 2.50 bits per heavy atom. The van der Waals surface area contributed by atoms with Crippen molar-refractivity contribution in [2.75, 3.05) is 6.54 Å². The number of nitrogens with one attached hydrogen (secondary N) is 1. The Morgan fingerprint density at radius 2 is 2.00 bits per heavy atom. The van der Waals surface area contributed by atoms with Crippen LogP contribution in [0, 0.1) is 0 Å². The second-order valence-corrected chi connectivity index (χ2v) is 3.85. The maximum absolute atomic E-state index is 11.9. The molecule has 18 heavy (non-hydrogen) atoms. The number of carbonyl (C=O) groups excluding carboxylic acids is 1. The fourth-order valence-electron chi connectivity index (χ4n) is 1.30. The first kappa shape index (κ1) is 14.4. The predicted molar refractivity (Wildman–Crippen MR) is 61.5 cm³/mol. The lowest BCUT2D eigenvalue weighted by molar-refractivity contribution is -0.120. The molecule has 4 nitrogen and oxygen atoms in total. The van der Waals surface area contributed by atoms with E-state index in [0.29, 0.717) is 5.56 Å². The third-order valence-corrected chi connectivity index (χ3v) is 2.11. The molecule has 0 aliphatic carbocycles. The van der Waals surface area contributed by atoms with Crippen LogP contribution in [0.1, 0.15) is 12.5 Å². The third-order valence-electron chi connectivity index (χ3n) is 2.11. The first-order valence-electron chi connectivity index (χ1n) is 5.46. The minimum Gasteiger partial charge on any atom is -0.435 e. The smallest absolute Gasteiger partial charge is 0.387 e. The Morgan fingerprint density at radius 1 is 1.39 bits per heavy atom. The SMILES string of the molecule is CC(O)CNC(=O)Cc1ccc(OC(F)F)cc1. The van der Waals surface area contributed by atoms with E-state index in [1.165, 1.54) is 12.1 Å². The van der Waals surface area contributed by atoms with Gasteiger partial charge in [0.15, 0.2) is 0 Å². The van der Waals surface area contributed by atoms with Crippen LogP contribution in [0.4, 0.5) is 8.78 Å². The molecule has 0 radical (unpaired) electrons. The lowest BCUT2D eigenvalue weighted by Crippen LogP contribution is -2.31. The maximum atomic E-state index is 11.9. The minimum absolute atomic E-state index is 0.0538. The van der Waals surface area contributed by atoms with Crippen LogP contribution in [0.15, 0.2) is 24.3 Å². The van der Waals surface area contributed by atoms with Crippen LogP contribution in [0.25, 0.3) is 0 Å². The number of aliphatic hydroxyl groups excluding tert-OH is 1. The monoisotopic (exact) mass is 259 g/mol. The molecule has 2 N–H and O–H groups in total. The molecule has 0 saturated carbocycles. The van der Waals surface area contributed by atoms with Crippen LogP contribution in [-0.2, 0) is 11.2 Å². The summed E-state index contributed by atoms with van der Waals surface area (Å²) in [5.74, 6) is -0.184. The quantitative estimate of drug-likeness (QED) is 0.810. The largest absolute Gasteiger partial charge is 0.435 e. The summed E-state index contributed by atoms with van der Waals surface area (Å²) in [5, 5.41) is 11.5. The summed E-state index contributed by atoms with van der Waals surface area (Å²) in [4.78, 5) is 11.4. The fraction of sp³-hybridized carbons (Fsp3) is 0.417. The van der Waals surface area contributed by atoms with E-state index in [9.17, 15) is 13.6 Å². The number of ether oxygens (including phenoxy) is 1. The molecule has 0 heterocycles. The van der Waals surface area contributed by atoms with Gasteiger partial charge >= 0.3 is 6.61 Å². The third kappa shape index (κ3) is 5.58. The number of alkyl halides is 2. The average Bonchev–Trinajstić information content (AvgIpc) is 2.28. The Kier molecular flexibility index (Phi) is 5.51. The van der Waals surface area contributed by atoms with Crippen molar-refractivity contribution in [2.45, 2.75) is 26.1 Å². The first-order valence-corrected chi connectivity index (χ1v) is 5.46. The molecule has 1 rings (SSSR count). The van der Waals surface area contributed by atoms with Gasteiger partial charge in [-0.3, -0.25) is 4.79 Å². The van der Waals surface area contributed by atoms with E-state index >= 15 is 0 Å². The van der Waals surface area contributed by atoms with Gasteiger partial charge in [-0.05, 0) is 24.6 Å². The number of hydrogen-bond acceptors (Lipinski definition) is 3. The fourth-order valence-corrected chi connectivity index (χ4v) is 1.30. The molecule has 0 bridgehead atoms. The molecule has 0 spiro atoms. The Labute approximate surface area is 104 Å². The van der Waals surface area contributed by atoms with Gasteiger partial charge in [-0.2, -0.15) is 8.78 Å². The highest BCUT2D eigenvalue weighted by atomic mass is 19.3. The molecule has 1 unspecified atom stereocenters. The van der Waals surface area contributed by atoms with Crippen LogP contribution in [-0.4, -0.2) is 30.3 Å². The highest BCUT2D eigenvalue weighted by Gasteiger charge is 2.06. The molecule has 0 aliphatic heterocycles. The predicted octanol–water partition coefficient (Wildman–Crippen LogP) is 1.33. The van der Waals surface area contributed by atoms with Gasteiger partial charge in [0.2, 0.25) is 5.91 Å². The molecule has 1 atom stereocenters. The lowest BCUT2D eigenvalue weighted by Gasteiger charge is -2.08. The van der Waals surface area contributed by atoms with Crippen molar-refractivity contribution in [3.63, 3.8) is 0 Å². The van der Waals surface area contributed by atoms with Crippen molar-refractivity contribution >= 4 is 5.91 Å². The van der Waals surface area contributed by atoms with E-state index in [2.05, 4.69) is 10.1 Å². The molecule has 0 aliphatic rings. The summed E-state index contributed by atoms with van der Waals surface area (Å²) in [7, 11) is 0. The number of amides is 1. The van der Waals surface area contributed by atoms with Crippen LogP contribution in [0.2, 0.25) is 0 Å². The van der Waals surface area contributed by atoms with E-state index in [-0.39, 0.29) is 24.6 Å². The van der Waals surface area contributed by atoms with Crippen molar-refractivity contribution < 1.29 is 23.4 Å². The van der Waals surface area contributed by atoms with E-state index in [4.69, 9.17) is 5.11 Å². The number of aliphatic hydroxyl groups is 1. The van der Waals surface area contributed by atoms with Gasteiger partial charge in [0.05, 0.1) is 12.5 Å². The van der Waals surface area contributed by atoms with Crippen LogP contribution >= 0.6 is 0 Å². The van der Waals surface area contributed by atoms with Crippen molar-refractivity contribution in [1.29, 1.82) is 0 Å². The zero-order chi connectivity index (χ0) is 13.5. The molecule has 1 aromatic rings. The Hall–Kier alpha value is -1.69. The summed E-state index contributed by atoms with van der Waals surface area (Å²) >= 11 is 0. The standard InChI is InChI=1S/C12H15F2NO3/c1-8(16)7-15-11(17)6-9-2-4-10(5-3-9)18-12(13)14/h2-5,8,12,16H,6-7H2,1H3,(H,15,17). The van der Waals surface area contributed by atoms with Gasteiger partial charge in [0.25, 0.3) is 0 Å². The second kappa shape index (κ2) is 6.90. The Balaban J connectivity index is 2.45. The van der Waals surface area contributed by atoms with Crippen molar-refractivity contribution in [3.8, 4) is 5.75 Å². The zero-order valence-electron chi connectivity index (χ0n) is 9.90. The molecular weight excluding hydrogens is 244 g/mol. The number of carbonyl (C=O) groups is 1.